The lowest BCUT2D eigenvalue weighted by Gasteiger charge is -2.21. The fourth-order valence-corrected chi connectivity index (χ4v) is 4.14. The average molecular weight is 437 g/mol. The van der Waals surface area contributed by atoms with Crippen LogP contribution < -0.4 is 4.90 Å². The van der Waals surface area contributed by atoms with Gasteiger partial charge >= 0.3 is 5.51 Å². The number of imidazole rings is 1. The fourth-order valence-electron chi connectivity index (χ4n) is 3.38. The Bertz CT molecular complexity index is 1120. The first-order chi connectivity index (χ1) is 14.3. The van der Waals surface area contributed by atoms with Gasteiger partial charge in [0.15, 0.2) is 0 Å². The van der Waals surface area contributed by atoms with Crippen molar-refractivity contribution in [2.24, 2.45) is 0 Å². The number of H-pyrrole nitrogens is 1. The van der Waals surface area contributed by atoms with Crippen molar-refractivity contribution >= 4 is 15.5 Å². The Morgan fingerprint density at radius 3 is 2.50 bits per heavy atom. The highest BCUT2D eigenvalue weighted by molar-refractivity contribution is 7.92. The van der Waals surface area contributed by atoms with Crippen LogP contribution in [0.4, 0.5) is 18.9 Å². The number of aromatic amines is 1. The molecule has 30 heavy (non-hydrogen) atoms. The van der Waals surface area contributed by atoms with Gasteiger partial charge in [-0.15, -0.1) is 0 Å². The van der Waals surface area contributed by atoms with E-state index in [2.05, 4.69) is 19.9 Å². The van der Waals surface area contributed by atoms with E-state index in [-0.39, 0.29) is 0 Å². The molecule has 1 N–H and O–H groups in total. The summed E-state index contributed by atoms with van der Waals surface area (Å²) in [6, 6.07) is 6.74. The predicted octanol–water partition coefficient (Wildman–Crippen LogP) is 3.04. The third-order valence-corrected chi connectivity index (χ3v) is 6.43. The van der Waals surface area contributed by atoms with Crippen LogP contribution in [0.1, 0.15) is 5.56 Å². The first-order valence-corrected chi connectivity index (χ1v) is 10.6. The zero-order valence-electron chi connectivity index (χ0n) is 15.7. The molecular formula is C19H18F3N5O2S. The largest absolute Gasteiger partial charge is 0.501 e. The Morgan fingerprint density at radius 1 is 1.07 bits per heavy atom. The van der Waals surface area contributed by atoms with Gasteiger partial charge in [0, 0.05) is 55.7 Å². The number of sulfone groups is 1. The lowest BCUT2D eigenvalue weighted by atomic mass is 10.1. The van der Waals surface area contributed by atoms with Gasteiger partial charge in [0.25, 0.3) is 9.84 Å². The Balaban J connectivity index is 1.46. The number of anilines is 1. The number of pyridine rings is 1. The van der Waals surface area contributed by atoms with Crippen LogP contribution in [0, 0.1) is 0 Å². The SMILES string of the molecule is O=S(=O)(c1ccc(N2CCN(Cc3ccncc3-c3ncc[nH]3)C2)cc1)C(F)(F)F. The van der Waals surface area contributed by atoms with E-state index in [4.69, 9.17) is 0 Å². The van der Waals surface area contributed by atoms with Gasteiger partial charge in [-0.05, 0) is 35.9 Å². The number of alkyl halides is 3. The Kier molecular flexibility index (Phi) is 5.24. The number of hydrogen-bond donors (Lipinski definition) is 1. The monoisotopic (exact) mass is 437 g/mol. The van der Waals surface area contributed by atoms with Gasteiger partial charge in [-0.1, -0.05) is 0 Å². The number of nitrogens with zero attached hydrogens (tertiary/aromatic N) is 4. The zero-order chi connectivity index (χ0) is 21.4. The Labute approximate surface area is 171 Å². The number of aromatic nitrogens is 3. The molecule has 1 aliphatic rings. The zero-order valence-corrected chi connectivity index (χ0v) is 16.5. The van der Waals surface area contributed by atoms with Gasteiger partial charge in [-0.25, -0.2) is 13.4 Å². The summed E-state index contributed by atoms with van der Waals surface area (Å²) in [6.07, 6.45) is 6.88. The molecule has 1 aliphatic heterocycles. The first kappa shape index (κ1) is 20.4. The Hall–Kier alpha value is -2.92. The molecule has 1 fully saturated rings. The maximum atomic E-state index is 12.7. The van der Waals surface area contributed by atoms with E-state index in [9.17, 15) is 21.6 Å². The molecule has 0 spiro atoms. The summed E-state index contributed by atoms with van der Waals surface area (Å²) < 4.78 is 61.1. The highest BCUT2D eigenvalue weighted by Gasteiger charge is 2.46. The normalized spacial score (nSPS) is 15.6. The maximum absolute atomic E-state index is 12.7. The van der Waals surface area contributed by atoms with Crippen molar-refractivity contribution in [3.63, 3.8) is 0 Å². The molecule has 0 amide bonds. The lowest BCUT2D eigenvalue weighted by molar-refractivity contribution is -0.0436. The average Bonchev–Trinajstić information content (AvgIpc) is 3.40. The number of rotatable bonds is 5. The second-order valence-corrected chi connectivity index (χ2v) is 8.81. The molecule has 0 bridgehead atoms. The van der Waals surface area contributed by atoms with Gasteiger partial charge in [-0.2, -0.15) is 13.2 Å². The second-order valence-electron chi connectivity index (χ2n) is 6.87. The summed E-state index contributed by atoms with van der Waals surface area (Å²) in [5, 5.41) is 0. The second kappa shape index (κ2) is 7.73. The van der Waals surface area contributed by atoms with E-state index >= 15 is 0 Å². The van der Waals surface area contributed by atoms with E-state index in [0.717, 1.165) is 35.6 Å². The van der Waals surface area contributed by atoms with E-state index < -0.39 is 20.2 Å². The molecule has 0 unspecified atom stereocenters. The summed E-state index contributed by atoms with van der Waals surface area (Å²) in [5.41, 5.74) is -2.69. The van der Waals surface area contributed by atoms with E-state index in [0.29, 0.717) is 25.4 Å². The molecule has 0 aliphatic carbocycles. The van der Waals surface area contributed by atoms with Crippen LogP contribution in [0.2, 0.25) is 0 Å². The number of nitrogens with one attached hydrogen (secondary N) is 1. The topological polar surface area (TPSA) is 82.2 Å². The third kappa shape index (κ3) is 3.90. The van der Waals surface area contributed by atoms with Crippen molar-refractivity contribution in [2.75, 3.05) is 24.7 Å². The summed E-state index contributed by atoms with van der Waals surface area (Å²) in [6.45, 7) is 2.63. The minimum absolute atomic E-state index is 0.561. The van der Waals surface area contributed by atoms with Crippen molar-refractivity contribution in [3.8, 4) is 11.4 Å². The molecular weight excluding hydrogens is 419 g/mol. The molecule has 11 heteroatoms. The van der Waals surface area contributed by atoms with E-state index in [1.807, 2.05) is 11.0 Å². The molecule has 7 nitrogen and oxygen atoms in total. The molecule has 2 aromatic heterocycles. The molecule has 3 aromatic rings. The lowest BCUT2D eigenvalue weighted by Crippen LogP contribution is -2.25. The quantitative estimate of drug-likeness (QED) is 0.661. The van der Waals surface area contributed by atoms with Crippen molar-refractivity contribution in [1.29, 1.82) is 0 Å². The van der Waals surface area contributed by atoms with Crippen LogP contribution in [-0.4, -0.2) is 53.5 Å². The van der Waals surface area contributed by atoms with Crippen LogP contribution in [-0.2, 0) is 16.4 Å². The molecule has 0 radical (unpaired) electrons. The molecule has 1 saturated heterocycles. The highest BCUT2D eigenvalue weighted by Crippen LogP contribution is 2.31. The smallest absolute Gasteiger partial charge is 0.357 e. The van der Waals surface area contributed by atoms with E-state index in [1.165, 1.54) is 12.1 Å². The Morgan fingerprint density at radius 2 is 1.83 bits per heavy atom. The fraction of sp³-hybridized carbons (Fsp3) is 0.263. The van der Waals surface area contributed by atoms with Crippen LogP contribution >= 0.6 is 0 Å². The number of halogens is 3. The highest BCUT2D eigenvalue weighted by atomic mass is 32.2. The summed E-state index contributed by atoms with van der Waals surface area (Å²) in [4.78, 5) is 14.9. The van der Waals surface area contributed by atoms with Gasteiger partial charge in [0.2, 0.25) is 0 Å². The third-order valence-electron chi connectivity index (χ3n) is 4.93. The predicted molar refractivity (Wildman–Crippen MR) is 104 cm³/mol. The van der Waals surface area contributed by atoms with Crippen molar-refractivity contribution in [1.82, 2.24) is 19.9 Å². The number of benzene rings is 1. The molecule has 4 rings (SSSR count). The summed E-state index contributed by atoms with van der Waals surface area (Å²) in [5.74, 6) is 0.732. The van der Waals surface area contributed by atoms with Crippen molar-refractivity contribution < 1.29 is 21.6 Å². The molecule has 1 aromatic carbocycles. The van der Waals surface area contributed by atoms with Gasteiger partial charge < -0.3 is 9.88 Å². The van der Waals surface area contributed by atoms with Crippen LogP contribution in [0.3, 0.4) is 0 Å². The molecule has 0 saturated carbocycles. The minimum atomic E-state index is -5.34. The van der Waals surface area contributed by atoms with Gasteiger partial charge in [0.1, 0.15) is 5.82 Å². The van der Waals surface area contributed by atoms with Crippen molar-refractivity contribution in [3.05, 3.63) is 60.7 Å². The molecule has 3 heterocycles. The molecule has 0 atom stereocenters. The van der Waals surface area contributed by atoms with Crippen LogP contribution in [0.15, 0.2) is 60.0 Å². The van der Waals surface area contributed by atoms with Crippen LogP contribution in [0.25, 0.3) is 11.4 Å². The maximum Gasteiger partial charge on any atom is 0.501 e. The first-order valence-electron chi connectivity index (χ1n) is 9.07. The molecule has 158 valence electrons. The minimum Gasteiger partial charge on any atom is -0.357 e. The standard InChI is InChI=1S/C19H18F3N5O2S/c20-19(21,22)30(28,29)16-3-1-15(2-4-16)27-10-9-26(13-27)12-14-5-6-23-11-17(14)18-24-7-8-25-18/h1-8,11H,9-10,12-13H2,(H,24,25). The van der Waals surface area contributed by atoms with Crippen molar-refractivity contribution in [2.45, 2.75) is 16.9 Å². The summed E-state index contributed by atoms with van der Waals surface area (Å²) in [7, 11) is -5.34. The van der Waals surface area contributed by atoms with Gasteiger partial charge in [-0.3, -0.25) is 9.88 Å². The van der Waals surface area contributed by atoms with Gasteiger partial charge in [0.05, 0.1) is 11.6 Å². The van der Waals surface area contributed by atoms with Crippen LogP contribution in [0.5, 0.6) is 0 Å². The summed E-state index contributed by atoms with van der Waals surface area (Å²) >= 11 is 0. The number of hydrogen-bond acceptors (Lipinski definition) is 6. The van der Waals surface area contributed by atoms with E-state index in [1.54, 1.807) is 24.8 Å².